The van der Waals surface area contributed by atoms with Gasteiger partial charge in [-0.1, -0.05) is 0 Å². The Morgan fingerprint density at radius 2 is 2.09 bits per heavy atom. The summed E-state index contributed by atoms with van der Waals surface area (Å²) in [5.41, 5.74) is 2.96. The molecule has 2 aromatic heterocycles. The summed E-state index contributed by atoms with van der Waals surface area (Å²) >= 11 is 0. The number of anilines is 1. The molecule has 0 saturated carbocycles. The highest BCUT2D eigenvalue weighted by Crippen LogP contribution is 2.27. The smallest absolute Gasteiger partial charge is 0.128 e. The van der Waals surface area contributed by atoms with Gasteiger partial charge in [0.1, 0.15) is 11.6 Å². The number of benzene rings is 1. The maximum Gasteiger partial charge on any atom is 0.128 e. The van der Waals surface area contributed by atoms with Crippen LogP contribution < -0.4 is 4.90 Å². The molecule has 0 radical (unpaired) electrons. The van der Waals surface area contributed by atoms with Crippen LogP contribution in [0.5, 0.6) is 5.75 Å². The molecule has 0 amide bonds. The first-order chi connectivity index (χ1) is 11.2. The molecule has 3 heterocycles. The highest BCUT2D eigenvalue weighted by molar-refractivity contribution is 5.86. The molecule has 1 aliphatic heterocycles. The van der Waals surface area contributed by atoms with Gasteiger partial charge in [0.15, 0.2) is 0 Å². The molecule has 0 bridgehead atoms. The maximum atomic E-state index is 9.78. The Morgan fingerprint density at radius 3 is 2.87 bits per heavy atom. The third kappa shape index (κ3) is 2.75. The molecule has 23 heavy (non-hydrogen) atoms. The lowest BCUT2D eigenvalue weighted by Gasteiger charge is -2.31. The van der Waals surface area contributed by atoms with Crippen molar-refractivity contribution in [2.24, 2.45) is 0 Å². The van der Waals surface area contributed by atoms with Crippen molar-refractivity contribution in [1.82, 2.24) is 9.97 Å². The number of aliphatic hydroxyl groups excluding tert-OH is 1. The Bertz CT molecular complexity index is 826. The predicted molar refractivity (Wildman–Crippen MR) is 90.6 cm³/mol. The number of H-pyrrole nitrogens is 1. The lowest BCUT2D eigenvalue weighted by molar-refractivity contribution is 0.154. The van der Waals surface area contributed by atoms with Crippen molar-refractivity contribution < 1.29 is 10.2 Å². The molecule has 0 unspecified atom stereocenters. The summed E-state index contributed by atoms with van der Waals surface area (Å²) in [7, 11) is 0. The largest absolute Gasteiger partial charge is 0.508 e. The van der Waals surface area contributed by atoms with Gasteiger partial charge in [0.05, 0.1) is 6.10 Å². The lowest BCUT2D eigenvalue weighted by atomic mass is 10.1. The zero-order valence-corrected chi connectivity index (χ0v) is 12.7. The number of hydrogen-bond donors (Lipinski definition) is 3. The van der Waals surface area contributed by atoms with Gasteiger partial charge in [-0.15, -0.1) is 0 Å². The van der Waals surface area contributed by atoms with Crippen molar-refractivity contribution in [3.05, 3.63) is 42.6 Å². The highest BCUT2D eigenvalue weighted by Gasteiger charge is 2.18. The van der Waals surface area contributed by atoms with E-state index in [4.69, 9.17) is 0 Å². The number of hydrogen-bond acceptors (Lipinski definition) is 4. The average Bonchev–Trinajstić information content (AvgIpc) is 2.98. The summed E-state index contributed by atoms with van der Waals surface area (Å²) < 4.78 is 0. The second-order valence-electron chi connectivity index (χ2n) is 6.10. The van der Waals surface area contributed by atoms with Gasteiger partial charge in [-0.2, -0.15) is 0 Å². The Balaban J connectivity index is 1.61. The van der Waals surface area contributed by atoms with E-state index in [9.17, 15) is 10.2 Å². The van der Waals surface area contributed by atoms with E-state index in [-0.39, 0.29) is 11.9 Å². The van der Waals surface area contributed by atoms with Crippen LogP contribution in [0.15, 0.2) is 42.6 Å². The van der Waals surface area contributed by atoms with Crippen molar-refractivity contribution in [3.8, 4) is 17.0 Å². The van der Waals surface area contributed by atoms with Gasteiger partial charge in [0, 0.05) is 41.4 Å². The van der Waals surface area contributed by atoms with E-state index in [1.165, 1.54) is 0 Å². The molecule has 118 valence electrons. The Kier molecular flexibility index (Phi) is 3.42. The van der Waals surface area contributed by atoms with Gasteiger partial charge in [0.2, 0.25) is 0 Å². The molecule has 0 aliphatic carbocycles. The number of pyridine rings is 1. The second kappa shape index (κ2) is 5.59. The fourth-order valence-electron chi connectivity index (χ4n) is 3.17. The lowest BCUT2D eigenvalue weighted by Crippen LogP contribution is -2.38. The topological polar surface area (TPSA) is 72.4 Å². The first-order valence-electron chi connectivity index (χ1n) is 7.90. The van der Waals surface area contributed by atoms with Gasteiger partial charge in [-0.25, -0.2) is 4.98 Å². The van der Waals surface area contributed by atoms with Crippen LogP contribution in [0.2, 0.25) is 0 Å². The van der Waals surface area contributed by atoms with Crippen LogP contribution in [0.25, 0.3) is 22.2 Å². The molecule has 1 aliphatic rings. The van der Waals surface area contributed by atoms with Crippen LogP contribution in [0.1, 0.15) is 12.8 Å². The van der Waals surface area contributed by atoms with Gasteiger partial charge in [0.25, 0.3) is 0 Å². The van der Waals surface area contributed by atoms with Gasteiger partial charge in [-0.05, 0) is 49.2 Å². The molecule has 1 aromatic carbocycles. The zero-order chi connectivity index (χ0) is 15.8. The maximum absolute atomic E-state index is 9.78. The van der Waals surface area contributed by atoms with E-state index < -0.39 is 0 Å². The average molecular weight is 309 g/mol. The number of phenols is 1. The minimum atomic E-state index is -0.258. The fourth-order valence-corrected chi connectivity index (χ4v) is 3.17. The number of phenolic OH excluding ortho intramolecular Hbond substituents is 1. The summed E-state index contributed by atoms with van der Waals surface area (Å²) in [6, 6.07) is 11.3. The zero-order valence-electron chi connectivity index (χ0n) is 12.7. The van der Waals surface area contributed by atoms with Crippen LogP contribution in [-0.2, 0) is 0 Å². The van der Waals surface area contributed by atoms with Crippen molar-refractivity contribution in [1.29, 1.82) is 0 Å². The van der Waals surface area contributed by atoms with Gasteiger partial charge in [-0.3, -0.25) is 0 Å². The quantitative estimate of drug-likeness (QED) is 0.680. The number of aromatic amines is 1. The van der Waals surface area contributed by atoms with Crippen LogP contribution in [0, 0.1) is 0 Å². The Labute approximate surface area is 134 Å². The summed E-state index contributed by atoms with van der Waals surface area (Å²) in [6.45, 7) is 1.59. The van der Waals surface area contributed by atoms with Crippen molar-refractivity contribution in [2.45, 2.75) is 18.9 Å². The number of fused-ring (bicyclic) bond motifs is 1. The third-order valence-corrected chi connectivity index (χ3v) is 4.38. The summed E-state index contributed by atoms with van der Waals surface area (Å²) in [5.74, 6) is 1.17. The Morgan fingerprint density at radius 1 is 1.17 bits per heavy atom. The number of β-amino-alcohol motifs (C(OH)–C–C–N with tert-alkyl or cyclic N) is 1. The third-order valence-electron chi connectivity index (χ3n) is 4.38. The number of aromatic nitrogens is 2. The molecule has 3 N–H and O–H groups in total. The minimum absolute atomic E-state index is 0.258. The van der Waals surface area contributed by atoms with E-state index in [0.717, 1.165) is 47.4 Å². The van der Waals surface area contributed by atoms with Crippen molar-refractivity contribution in [2.75, 3.05) is 18.0 Å². The second-order valence-corrected chi connectivity index (χ2v) is 6.10. The molecule has 4 rings (SSSR count). The number of nitrogens with zero attached hydrogens (tertiary/aromatic N) is 2. The molecule has 0 spiro atoms. The SMILES string of the molecule is Oc1ccc2[nH]c(-c3ccc(N4CCC[C@@H](O)C4)nc3)cc2c1. The van der Waals surface area contributed by atoms with Crippen LogP contribution in [0.3, 0.4) is 0 Å². The van der Waals surface area contributed by atoms with Gasteiger partial charge < -0.3 is 20.1 Å². The van der Waals surface area contributed by atoms with Crippen LogP contribution >= 0.6 is 0 Å². The number of rotatable bonds is 2. The van der Waals surface area contributed by atoms with E-state index in [2.05, 4.69) is 14.9 Å². The van der Waals surface area contributed by atoms with Crippen LogP contribution in [-0.4, -0.2) is 39.4 Å². The molecule has 5 nitrogen and oxygen atoms in total. The van der Waals surface area contributed by atoms with Crippen molar-refractivity contribution in [3.63, 3.8) is 0 Å². The number of aromatic hydroxyl groups is 1. The van der Waals surface area contributed by atoms with Gasteiger partial charge >= 0.3 is 0 Å². The predicted octanol–water partition coefficient (Wildman–Crippen LogP) is 2.90. The van der Waals surface area contributed by atoms with E-state index in [1.807, 2.05) is 30.5 Å². The first-order valence-corrected chi connectivity index (χ1v) is 7.90. The summed E-state index contributed by atoms with van der Waals surface area (Å²) in [6.07, 6.45) is 3.46. The monoisotopic (exact) mass is 309 g/mol. The summed E-state index contributed by atoms with van der Waals surface area (Å²) in [5, 5.41) is 20.3. The molecule has 1 saturated heterocycles. The molecule has 1 fully saturated rings. The van der Waals surface area contributed by atoms with E-state index in [0.29, 0.717) is 6.54 Å². The molecule has 5 heteroatoms. The van der Waals surface area contributed by atoms with E-state index >= 15 is 0 Å². The fraction of sp³-hybridized carbons (Fsp3) is 0.278. The van der Waals surface area contributed by atoms with E-state index in [1.54, 1.807) is 12.1 Å². The number of nitrogens with one attached hydrogen (secondary N) is 1. The first kappa shape index (κ1) is 14.1. The minimum Gasteiger partial charge on any atom is -0.508 e. The Hall–Kier alpha value is -2.53. The standard InChI is InChI=1S/C18H19N3O2/c22-14-4-5-16-13(8-14)9-17(20-16)12-3-6-18(19-10-12)21-7-1-2-15(23)11-21/h3-6,8-10,15,20,22-23H,1-2,7,11H2/t15-/m1/s1. The molecule has 1 atom stereocenters. The molecular weight excluding hydrogens is 290 g/mol. The normalized spacial score (nSPS) is 18.5. The number of aliphatic hydroxyl groups is 1. The summed E-state index contributed by atoms with van der Waals surface area (Å²) in [4.78, 5) is 10.0. The molecule has 3 aromatic rings. The highest BCUT2D eigenvalue weighted by atomic mass is 16.3. The van der Waals surface area contributed by atoms with Crippen LogP contribution in [0.4, 0.5) is 5.82 Å². The number of piperidine rings is 1. The van der Waals surface area contributed by atoms with Crippen molar-refractivity contribution >= 4 is 16.7 Å². The molecular formula is C18H19N3O2.